The molecule has 214 valence electrons. The molecule has 9 heteroatoms. The van der Waals surface area contributed by atoms with E-state index in [1.165, 1.54) is 6.07 Å². The maximum Gasteiger partial charge on any atom is 0.306 e. The van der Waals surface area contributed by atoms with Gasteiger partial charge in [0.1, 0.15) is 30.9 Å². The quantitative estimate of drug-likeness (QED) is 0.285. The van der Waals surface area contributed by atoms with Crippen LogP contribution in [0.2, 0.25) is 0 Å². The first-order valence-electron chi connectivity index (χ1n) is 13.3. The Morgan fingerprint density at radius 3 is 2.52 bits per heavy atom. The molecule has 3 aromatic rings. The zero-order valence-corrected chi connectivity index (χ0v) is 23.5. The van der Waals surface area contributed by atoms with Crippen molar-refractivity contribution in [3.05, 3.63) is 76.7 Å². The van der Waals surface area contributed by atoms with Gasteiger partial charge in [-0.2, -0.15) is 0 Å². The predicted octanol–water partition coefficient (Wildman–Crippen LogP) is 6.17. The summed E-state index contributed by atoms with van der Waals surface area (Å²) in [5, 5.41) is 9.14. The van der Waals surface area contributed by atoms with Crippen LogP contribution in [0.1, 0.15) is 55.7 Å². The number of aryl methyl sites for hydroxylation is 2. The molecule has 40 heavy (non-hydrogen) atoms. The van der Waals surface area contributed by atoms with Crippen LogP contribution in [0.25, 0.3) is 11.1 Å². The van der Waals surface area contributed by atoms with Crippen LogP contribution in [0.5, 0.6) is 11.6 Å². The molecular formula is C31H36FNO7. The lowest BCUT2D eigenvalue weighted by Crippen LogP contribution is -2.25. The average Bonchev–Trinajstić information content (AvgIpc) is 3.25. The Balaban J connectivity index is 1.43. The van der Waals surface area contributed by atoms with Gasteiger partial charge in [-0.1, -0.05) is 18.2 Å². The first-order chi connectivity index (χ1) is 19.0. The first-order valence-corrected chi connectivity index (χ1v) is 13.3. The van der Waals surface area contributed by atoms with Gasteiger partial charge >= 0.3 is 5.97 Å². The highest BCUT2D eigenvalue weighted by Crippen LogP contribution is 2.32. The van der Waals surface area contributed by atoms with Gasteiger partial charge in [0.05, 0.1) is 19.1 Å². The normalized spacial score (nSPS) is 17.0. The van der Waals surface area contributed by atoms with Crippen molar-refractivity contribution in [3.63, 3.8) is 0 Å². The molecule has 0 amide bonds. The summed E-state index contributed by atoms with van der Waals surface area (Å²) in [4.78, 5) is 15.7. The number of carbonyl (C=O) groups is 1. The van der Waals surface area contributed by atoms with Gasteiger partial charge < -0.3 is 28.8 Å². The summed E-state index contributed by atoms with van der Waals surface area (Å²) in [6.07, 6.45) is -0.821. The number of ether oxygens (including phenoxy) is 5. The number of carboxylic acids is 1. The van der Waals surface area contributed by atoms with Crippen molar-refractivity contribution in [3.8, 4) is 22.8 Å². The van der Waals surface area contributed by atoms with Crippen LogP contribution >= 0.6 is 0 Å². The summed E-state index contributed by atoms with van der Waals surface area (Å²) in [5.41, 5.74) is 4.19. The van der Waals surface area contributed by atoms with E-state index in [1.807, 2.05) is 34.6 Å². The van der Waals surface area contributed by atoms with Gasteiger partial charge in [0, 0.05) is 29.5 Å². The molecule has 2 heterocycles. The van der Waals surface area contributed by atoms with Gasteiger partial charge in [-0.05, 0) is 75.6 Å². The van der Waals surface area contributed by atoms with Gasteiger partial charge in [0.2, 0.25) is 5.88 Å². The van der Waals surface area contributed by atoms with E-state index in [0.29, 0.717) is 48.3 Å². The largest absolute Gasteiger partial charge is 0.489 e. The Bertz CT molecular complexity index is 1300. The summed E-state index contributed by atoms with van der Waals surface area (Å²) >= 11 is 0. The molecule has 0 bridgehead atoms. The monoisotopic (exact) mass is 553 g/mol. The lowest BCUT2D eigenvalue weighted by atomic mass is 9.97. The van der Waals surface area contributed by atoms with Crippen molar-refractivity contribution < 1.29 is 38.0 Å². The SMILES string of the molecule is CCO[C@@H](CC(=O)O)c1ccc(OCc2ccc(F)c(-c3c(C)cc(OC[C@H]4COC(C)(C)O4)nc3C)c2)cc1. The second-order valence-corrected chi connectivity index (χ2v) is 10.2. The third kappa shape index (κ3) is 7.56. The van der Waals surface area contributed by atoms with E-state index in [0.717, 1.165) is 16.7 Å². The fourth-order valence-electron chi connectivity index (χ4n) is 4.73. The number of carboxylic acid groups (broad SMARTS) is 1. The van der Waals surface area contributed by atoms with E-state index >= 15 is 0 Å². The lowest BCUT2D eigenvalue weighted by Gasteiger charge is -2.18. The maximum absolute atomic E-state index is 15.0. The molecule has 0 saturated carbocycles. The lowest BCUT2D eigenvalue weighted by molar-refractivity contribution is -0.141. The predicted molar refractivity (Wildman–Crippen MR) is 147 cm³/mol. The molecule has 1 aliphatic heterocycles. The Kier molecular flexibility index (Phi) is 9.40. The van der Waals surface area contributed by atoms with Crippen molar-refractivity contribution >= 4 is 5.97 Å². The van der Waals surface area contributed by atoms with E-state index < -0.39 is 17.9 Å². The van der Waals surface area contributed by atoms with Gasteiger partial charge in [0.25, 0.3) is 0 Å². The number of halogens is 1. The third-order valence-electron chi connectivity index (χ3n) is 6.54. The smallest absolute Gasteiger partial charge is 0.306 e. The number of benzene rings is 2. The van der Waals surface area contributed by atoms with Gasteiger partial charge in [-0.3, -0.25) is 4.79 Å². The van der Waals surface area contributed by atoms with Crippen LogP contribution in [0, 0.1) is 19.7 Å². The van der Waals surface area contributed by atoms with Gasteiger partial charge in [-0.15, -0.1) is 0 Å². The third-order valence-corrected chi connectivity index (χ3v) is 6.54. The number of rotatable bonds is 12. The molecule has 0 aliphatic carbocycles. The highest BCUT2D eigenvalue weighted by atomic mass is 19.1. The average molecular weight is 554 g/mol. The fourth-order valence-corrected chi connectivity index (χ4v) is 4.73. The van der Waals surface area contributed by atoms with E-state index in [4.69, 9.17) is 28.8 Å². The molecule has 1 aliphatic rings. The molecule has 0 spiro atoms. The molecule has 1 N–H and O–H groups in total. The second kappa shape index (κ2) is 12.8. The number of hydrogen-bond acceptors (Lipinski definition) is 7. The molecule has 4 rings (SSSR count). The fraction of sp³-hybridized carbons (Fsp3) is 0.419. The van der Waals surface area contributed by atoms with Crippen molar-refractivity contribution in [2.24, 2.45) is 0 Å². The van der Waals surface area contributed by atoms with Crippen LogP contribution in [-0.2, 0) is 25.6 Å². The van der Waals surface area contributed by atoms with Gasteiger partial charge in [0.15, 0.2) is 5.79 Å². The molecule has 0 unspecified atom stereocenters. The number of nitrogens with zero attached hydrogens (tertiary/aromatic N) is 1. The van der Waals surface area contributed by atoms with Crippen LogP contribution < -0.4 is 9.47 Å². The van der Waals surface area contributed by atoms with E-state index in [2.05, 4.69) is 4.98 Å². The van der Waals surface area contributed by atoms with Crippen LogP contribution in [0.3, 0.4) is 0 Å². The highest BCUT2D eigenvalue weighted by molar-refractivity contribution is 5.71. The van der Waals surface area contributed by atoms with Crippen LogP contribution in [0.15, 0.2) is 48.5 Å². The number of aromatic nitrogens is 1. The van der Waals surface area contributed by atoms with E-state index in [9.17, 15) is 9.18 Å². The molecule has 1 aromatic heterocycles. The summed E-state index contributed by atoms with van der Waals surface area (Å²) in [7, 11) is 0. The van der Waals surface area contributed by atoms with Crippen molar-refractivity contribution in [2.45, 2.75) is 65.6 Å². The second-order valence-electron chi connectivity index (χ2n) is 10.2. The first kappa shape index (κ1) is 29.5. The van der Waals surface area contributed by atoms with Crippen molar-refractivity contribution in [1.82, 2.24) is 4.98 Å². The summed E-state index contributed by atoms with van der Waals surface area (Å²) in [5.74, 6) is -0.844. The Morgan fingerprint density at radius 2 is 1.90 bits per heavy atom. The minimum atomic E-state index is -0.924. The Morgan fingerprint density at radius 1 is 1.15 bits per heavy atom. The standard InChI is InChI=1S/C31H36FNO7/c1-6-36-27(15-29(34)35)22-8-10-23(11-9-22)37-16-21-7-12-26(32)25(14-21)30-19(2)13-28(33-20(30)3)38-17-24-18-39-31(4,5)40-24/h7-14,24,27H,6,15-18H2,1-5H3,(H,34,35)/t24-,27-/m0/s1. The van der Waals surface area contributed by atoms with E-state index in [-0.39, 0.29) is 24.9 Å². The highest BCUT2D eigenvalue weighted by Gasteiger charge is 2.33. The Hall–Kier alpha value is -3.53. The molecule has 1 fully saturated rings. The van der Waals surface area contributed by atoms with E-state index in [1.54, 1.807) is 42.5 Å². The summed E-state index contributed by atoms with van der Waals surface area (Å²) < 4.78 is 43.7. The number of aliphatic carboxylic acids is 1. The maximum atomic E-state index is 15.0. The van der Waals surface area contributed by atoms with Crippen LogP contribution in [0.4, 0.5) is 4.39 Å². The molecule has 8 nitrogen and oxygen atoms in total. The Labute approximate surface area is 234 Å². The summed E-state index contributed by atoms with van der Waals surface area (Å²) in [6, 6.07) is 13.8. The van der Waals surface area contributed by atoms with Gasteiger partial charge in [-0.25, -0.2) is 9.37 Å². The van der Waals surface area contributed by atoms with Crippen molar-refractivity contribution in [2.75, 3.05) is 19.8 Å². The molecule has 1 saturated heterocycles. The number of hydrogen-bond donors (Lipinski definition) is 1. The molecule has 2 atom stereocenters. The minimum Gasteiger partial charge on any atom is -0.489 e. The molecular weight excluding hydrogens is 517 g/mol. The zero-order chi connectivity index (χ0) is 28.9. The molecule has 0 radical (unpaired) electrons. The van der Waals surface area contributed by atoms with Crippen LogP contribution in [-0.4, -0.2) is 47.8 Å². The molecule has 2 aromatic carbocycles. The van der Waals surface area contributed by atoms with Crippen molar-refractivity contribution in [1.29, 1.82) is 0 Å². The number of pyridine rings is 1. The topological polar surface area (TPSA) is 96.3 Å². The zero-order valence-electron chi connectivity index (χ0n) is 23.5. The minimum absolute atomic E-state index is 0.116. The summed E-state index contributed by atoms with van der Waals surface area (Å²) in [6.45, 7) is 10.7.